The number of amides is 1. The zero-order valence-electron chi connectivity index (χ0n) is 14.7. The van der Waals surface area contributed by atoms with Crippen LogP contribution < -0.4 is 14.8 Å². The number of sulfonamides is 1. The van der Waals surface area contributed by atoms with Crippen molar-refractivity contribution >= 4 is 15.9 Å². The maximum absolute atomic E-state index is 12.5. The third kappa shape index (κ3) is 7.01. The molecule has 0 aromatic heterocycles. The second-order valence-corrected chi connectivity index (χ2v) is 8.04. The van der Waals surface area contributed by atoms with Crippen molar-refractivity contribution in [3.05, 3.63) is 29.3 Å². The first-order chi connectivity index (χ1) is 11.8. The summed E-state index contributed by atoms with van der Waals surface area (Å²) in [7, 11) is -3.17. The second kappa shape index (κ2) is 9.17. The van der Waals surface area contributed by atoms with Crippen LogP contribution in [0.1, 0.15) is 35.2 Å². The molecule has 0 radical (unpaired) electrons. The summed E-state index contributed by atoms with van der Waals surface area (Å²) in [6.07, 6.45) is 3.32. The van der Waals surface area contributed by atoms with Crippen molar-refractivity contribution in [2.75, 3.05) is 32.6 Å². The maximum atomic E-state index is 12.5. The van der Waals surface area contributed by atoms with Crippen LogP contribution in [0.25, 0.3) is 0 Å². The lowest BCUT2D eigenvalue weighted by molar-refractivity contribution is 0.0696. The summed E-state index contributed by atoms with van der Waals surface area (Å²) >= 11 is 0. The third-order valence-electron chi connectivity index (χ3n) is 3.96. The molecule has 25 heavy (non-hydrogen) atoms. The SMILES string of the molecule is Cc1ccc(OCCCNS(C)(=O)=O)cc1C(=O)NC1CCOCC1. The molecule has 8 heteroatoms. The Labute approximate surface area is 149 Å². The van der Waals surface area contributed by atoms with Crippen LogP contribution >= 0.6 is 0 Å². The van der Waals surface area contributed by atoms with E-state index in [9.17, 15) is 13.2 Å². The zero-order valence-corrected chi connectivity index (χ0v) is 15.5. The van der Waals surface area contributed by atoms with Crippen molar-refractivity contribution in [1.82, 2.24) is 10.0 Å². The topological polar surface area (TPSA) is 93.7 Å². The number of rotatable bonds is 8. The van der Waals surface area contributed by atoms with Gasteiger partial charge in [-0.1, -0.05) is 6.07 Å². The summed E-state index contributed by atoms with van der Waals surface area (Å²) < 4.78 is 35.3. The van der Waals surface area contributed by atoms with Gasteiger partial charge in [-0.15, -0.1) is 0 Å². The number of hydrogen-bond donors (Lipinski definition) is 2. The van der Waals surface area contributed by atoms with Crippen molar-refractivity contribution in [3.63, 3.8) is 0 Å². The van der Waals surface area contributed by atoms with Gasteiger partial charge in [0.05, 0.1) is 12.9 Å². The highest BCUT2D eigenvalue weighted by Crippen LogP contribution is 2.18. The van der Waals surface area contributed by atoms with Crippen LogP contribution in [0, 0.1) is 6.92 Å². The Bertz CT molecular complexity index is 684. The van der Waals surface area contributed by atoms with Crippen LogP contribution in [0.2, 0.25) is 0 Å². The molecule has 0 bridgehead atoms. The summed E-state index contributed by atoms with van der Waals surface area (Å²) in [6.45, 7) is 3.93. The Hall–Kier alpha value is -1.64. The Balaban J connectivity index is 1.87. The first kappa shape index (κ1) is 19.7. The molecule has 1 saturated heterocycles. The Kier molecular flexibility index (Phi) is 7.22. The van der Waals surface area contributed by atoms with Gasteiger partial charge in [0, 0.05) is 31.4 Å². The molecule has 7 nitrogen and oxygen atoms in total. The van der Waals surface area contributed by atoms with Crippen LogP contribution in [0.5, 0.6) is 5.75 Å². The predicted octanol–water partition coefficient (Wildman–Crippen LogP) is 1.22. The second-order valence-electron chi connectivity index (χ2n) is 6.21. The van der Waals surface area contributed by atoms with E-state index < -0.39 is 10.0 Å². The van der Waals surface area contributed by atoms with Crippen LogP contribution in [-0.4, -0.2) is 53.0 Å². The van der Waals surface area contributed by atoms with E-state index in [1.807, 2.05) is 19.1 Å². The largest absolute Gasteiger partial charge is 0.494 e. The van der Waals surface area contributed by atoms with E-state index >= 15 is 0 Å². The molecule has 1 aliphatic rings. The average Bonchev–Trinajstić information content (AvgIpc) is 2.55. The summed E-state index contributed by atoms with van der Waals surface area (Å²) in [5, 5.41) is 3.05. The van der Waals surface area contributed by atoms with E-state index in [0.29, 0.717) is 44.1 Å². The van der Waals surface area contributed by atoms with Crippen molar-refractivity contribution in [2.45, 2.75) is 32.2 Å². The van der Waals surface area contributed by atoms with Gasteiger partial charge < -0.3 is 14.8 Å². The van der Waals surface area contributed by atoms with Gasteiger partial charge in [0.15, 0.2) is 0 Å². The van der Waals surface area contributed by atoms with Crippen molar-refractivity contribution < 1.29 is 22.7 Å². The fraction of sp³-hybridized carbons (Fsp3) is 0.588. The molecule has 0 aliphatic carbocycles. The first-order valence-corrected chi connectivity index (χ1v) is 10.3. The highest BCUT2D eigenvalue weighted by Gasteiger charge is 2.18. The van der Waals surface area contributed by atoms with Gasteiger partial charge in [-0.2, -0.15) is 0 Å². The van der Waals surface area contributed by atoms with Gasteiger partial charge in [-0.25, -0.2) is 13.1 Å². The van der Waals surface area contributed by atoms with E-state index in [0.717, 1.165) is 24.7 Å². The number of nitrogens with one attached hydrogen (secondary N) is 2. The molecule has 1 amide bonds. The standard InChI is InChI=1S/C17H26N2O5S/c1-13-4-5-15(24-9-3-8-18-25(2,21)22)12-16(13)17(20)19-14-6-10-23-11-7-14/h4-5,12,14,18H,3,6-11H2,1-2H3,(H,19,20). The van der Waals surface area contributed by atoms with Crippen molar-refractivity contribution in [3.8, 4) is 5.75 Å². The smallest absolute Gasteiger partial charge is 0.251 e. The van der Waals surface area contributed by atoms with Crippen LogP contribution in [0.3, 0.4) is 0 Å². The monoisotopic (exact) mass is 370 g/mol. The lowest BCUT2D eigenvalue weighted by Crippen LogP contribution is -2.39. The van der Waals surface area contributed by atoms with Crippen LogP contribution in [-0.2, 0) is 14.8 Å². The number of hydrogen-bond acceptors (Lipinski definition) is 5. The molecule has 1 aliphatic heterocycles. The predicted molar refractivity (Wildman–Crippen MR) is 95.4 cm³/mol. The lowest BCUT2D eigenvalue weighted by Gasteiger charge is -2.23. The number of aryl methyl sites for hydroxylation is 1. The minimum absolute atomic E-state index is 0.103. The summed E-state index contributed by atoms with van der Waals surface area (Å²) in [5.74, 6) is 0.496. The fourth-order valence-electron chi connectivity index (χ4n) is 2.56. The van der Waals surface area contributed by atoms with Crippen molar-refractivity contribution in [2.24, 2.45) is 0 Å². The molecule has 1 heterocycles. The van der Waals surface area contributed by atoms with E-state index in [2.05, 4.69) is 10.0 Å². The molecule has 0 spiro atoms. The molecule has 0 saturated carbocycles. The van der Waals surface area contributed by atoms with Crippen molar-refractivity contribution in [1.29, 1.82) is 0 Å². The van der Waals surface area contributed by atoms with E-state index in [-0.39, 0.29) is 11.9 Å². The van der Waals surface area contributed by atoms with Gasteiger partial charge >= 0.3 is 0 Å². The molecule has 2 rings (SSSR count). The van der Waals surface area contributed by atoms with Gasteiger partial charge in [0.1, 0.15) is 5.75 Å². The first-order valence-electron chi connectivity index (χ1n) is 8.42. The fourth-order valence-corrected chi connectivity index (χ4v) is 3.08. The van der Waals surface area contributed by atoms with E-state index in [4.69, 9.17) is 9.47 Å². The number of ether oxygens (including phenoxy) is 2. The molecule has 0 atom stereocenters. The Morgan fingerprint density at radius 2 is 2.04 bits per heavy atom. The van der Waals surface area contributed by atoms with Crippen LogP contribution in [0.4, 0.5) is 0 Å². The molecule has 2 N–H and O–H groups in total. The average molecular weight is 370 g/mol. The molecule has 1 fully saturated rings. The highest BCUT2D eigenvalue weighted by molar-refractivity contribution is 7.88. The van der Waals surface area contributed by atoms with E-state index in [1.54, 1.807) is 6.07 Å². The lowest BCUT2D eigenvalue weighted by atomic mass is 10.1. The minimum Gasteiger partial charge on any atom is -0.494 e. The van der Waals surface area contributed by atoms with Gasteiger partial charge in [0.2, 0.25) is 10.0 Å². The third-order valence-corrected chi connectivity index (χ3v) is 4.69. The minimum atomic E-state index is -3.17. The molecular weight excluding hydrogens is 344 g/mol. The number of carbonyl (C=O) groups is 1. The zero-order chi connectivity index (χ0) is 18.3. The van der Waals surface area contributed by atoms with Gasteiger partial charge in [-0.3, -0.25) is 4.79 Å². The number of carbonyl (C=O) groups excluding carboxylic acids is 1. The van der Waals surface area contributed by atoms with E-state index in [1.165, 1.54) is 0 Å². The van der Waals surface area contributed by atoms with Gasteiger partial charge in [0.25, 0.3) is 5.91 Å². The van der Waals surface area contributed by atoms with Crippen LogP contribution in [0.15, 0.2) is 18.2 Å². The van der Waals surface area contributed by atoms with Gasteiger partial charge in [-0.05, 0) is 43.9 Å². The molecule has 140 valence electrons. The Morgan fingerprint density at radius 3 is 2.72 bits per heavy atom. The number of benzene rings is 1. The quantitative estimate of drug-likeness (QED) is 0.671. The Morgan fingerprint density at radius 1 is 1.32 bits per heavy atom. The molecule has 1 aromatic rings. The molecule has 0 unspecified atom stereocenters. The molecule has 1 aromatic carbocycles. The molecular formula is C17H26N2O5S. The maximum Gasteiger partial charge on any atom is 0.251 e. The summed E-state index contributed by atoms with van der Waals surface area (Å²) in [5.41, 5.74) is 1.48. The summed E-state index contributed by atoms with van der Waals surface area (Å²) in [4.78, 5) is 12.5. The highest BCUT2D eigenvalue weighted by atomic mass is 32.2. The summed E-state index contributed by atoms with van der Waals surface area (Å²) in [6, 6.07) is 5.54. The normalized spacial score (nSPS) is 15.8.